The summed E-state index contributed by atoms with van der Waals surface area (Å²) in [7, 11) is 0. The molecule has 0 saturated heterocycles. The standard InChI is InChI=1S/C15H10O6/c16-8-5-10(17)9-1-2-13(21-14(9)6-8)7-3-11(18)15(20)12(19)4-7/h1-6H,(H4-,16,17,18,19,20)/p+1. The van der Waals surface area contributed by atoms with Crippen LogP contribution in [0.3, 0.4) is 0 Å². The van der Waals surface area contributed by atoms with Crippen molar-refractivity contribution in [2.45, 2.75) is 0 Å². The number of hydrogen-bond donors (Lipinski definition) is 5. The van der Waals surface area contributed by atoms with Gasteiger partial charge < -0.3 is 25.5 Å². The van der Waals surface area contributed by atoms with Crippen molar-refractivity contribution >= 4 is 11.0 Å². The molecule has 5 N–H and O–H groups in total. The van der Waals surface area contributed by atoms with Crippen molar-refractivity contribution in [1.82, 2.24) is 0 Å². The van der Waals surface area contributed by atoms with Gasteiger partial charge in [0.2, 0.25) is 0 Å². The Labute approximate surface area is 118 Å². The maximum Gasteiger partial charge on any atom is 0.368 e. The number of aromatic hydroxyl groups is 5. The second-order valence-corrected chi connectivity index (χ2v) is 4.54. The summed E-state index contributed by atoms with van der Waals surface area (Å²) in [5.41, 5.74) is 0.560. The second kappa shape index (κ2) is 4.45. The van der Waals surface area contributed by atoms with Crippen molar-refractivity contribution in [1.29, 1.82) is 0 Å². The minimum atomic E-state index is -0.616. The van der Waals surface area contributed by atoms with E-state index >= 15 is 0 Å². The molecule has 21 heavy (non-hydrogen) atoms. The largest absolute Gasteiger partial charge is 0.507 e. The Kier molecular flexibility index (Phi) is 2.72. The van der Waals surface area contributed by atoms with E-state index in [0.29, 0.717) is 10.9 Å². The highest BCUT2D eigenvalue weighted by Crippen LogP contribution is 2.40. The zero-order chi connectivity index (χ0) is 15.1. The lowest BCUT2D eigenvalue weighted by Crippen LogP contribution is -1.81. The zero-order valence-electron chi connectivity index (χ0n) is 10.6. The van der Waals surface area contributed by atoms with Crippen LogP contribution < -0.4 is 0 Å². The van der Waals surface area contributed by atoms with E-state index in [1.165, 1.54) is 30.3 Å². The Morgan fingerprint density at radius 3 is 2.05 bits per heavy atom. The molecule has 0 fully saturated rings. The molecule has 0 bridgehead atoms. The van der Waals surface area contributed by atoms with Gasteiger partial charge in [-0.3, -0.25) is 0 Å². The smallest absolute Gasteiger partial charge is 0.368 e. The first kappa shape index (κ1) is 12.9. The molecule has 3 rings (SSSR count). The predicted molar refractivity (Wildman–Crippen MR) is 74.4 cm³/mol. The molecule has 0 atom stereocenters. The summed E-state index contributed by atoms with van der Waals surface area (Å²) >= 11 is 0. The van der Waals surface area contributed by atoms with Gasteiger partial charge in [-0.2, -0.15) is 0 Å². The third-order valence-corrected chi connectivity index (χ3v) is 3.08. The molecule has 106 valence electrons. The molecule has 6 nitrogen and oxygen atoms in total. The molecule has 0 aliphatic carbocycles. The van der Waals surface area contributed by atoms with E-state index in [1.807, 2.05) is 0 Å². The Bertz CT molecular complexity index is 833. The third kappa shape index (κ3) is 2.12. The summed E-state index contributed by atoms with van der Waals surface area (Å²) < 4.78 is 5.54. The lowest BCUT2D eigenvalue weighted by atomic mass is 10.1. The van der Waals surface area contributed by atoms with Crippen LogP contribution in [0, 0.1) is 0 Å². The summed E-state index contributed by atoms with van der Waals surface area (Å²) in [5, 5.41) is 47.9. The van der Waals surface area contributed by atoms with Gasteiger partial charge in [-0.15, -0.1) is 0 Å². The molecule has 1 aromatic heterocycles. The molecular formula is C15H11O6+. The Morgan fingerprint density at radius 2 is 1.38 bits per heavy atom. The van der Waals surface area contributed by atoms with Gasteiger partial charge in [0.1, 0.15) is 16.9 Å². The van der Waals surface area contributed by atoms with Crippen LogP contribution in [0.25, 0.3) is 22.3 Å². The van der Waals surface area contributed by atoms with E-state index in [4.69, 9.17) is 4.42 Å². The van der Waals surface area contributed by atoms with Gasteiger partial charge in [-0.1, -0.05) is 0 Å². The minimum Gasteiger partial charge on any atom is -0.507 e. The molecule has 6 heteroatoms. The van der Waals surface area contributed by atoms with E-state index in [1.54, 1.807) is 6.07 Å². The molecule has 0 radical (unpaired) electrons. The van der Waals surface area contributed by atoms with Crippen LogP contribution in [0.5, 0.6) is 28.7 Å². The first-order chi connectivity index (χ1) is 9.95. The molecule has 3 aromatic rings. The molecule has 0 spiro atoms. The van der Waals surface area contributed by atoms with Crippen LogP contribution in [0.4, 0.5) is 0 Å². The van der Waals surface area contributed by atoms with Crippen molar-refractivity contribution < 1.29 is 29.9 Å². The first-order valence-corrected chi connectivity index (χ1v) is 6.00. The average Bonchev–Trinajstić information content (AvgIpc) is 2.43. The van der Waals surface area contributed by atoms with Crippen LogP contribution in [-0.4, -0.2) is 25.5 Å². The molecule has 0 aliphatic heterocycles. The number of phenolic OH excluding ortho intramolecular Hbond substituents is 5. The van der Waals surface area contributed by atoms with E-state index < -0.39 is 17.2 Å². The van der Waals surface area contributed by atoms with Crippen LogP contribution in [0.15, 0.2) is 40.8 Å². The van der Waals surface area contributed by atoms with Gasteiger partial charge in [0.25, 0.3) is 0 Å². The average molecular weight is 287 g/mol. The van der Waals surface area contributed by atoms with Crippen LogP contribution in [0.2, 0.25) is 0 Å². The Balaban J connectivity index is 2.22. The van der Waals surface area contributed by atoms with Crippen molar-refractivity contribution in [3.63, 3.8) is 0 Å². The number of rotatable bonds is 1. The van der Waals surface area contributed by atoms with Crippen LogP contribution >= 0.6 is 0 Å². The summed E-state index contributed by atoms with van der Waals surface area (Å²) in [6.45, 7) is 0. The Hall–Kier alpha value is -3.15. The van der Waals surface area contributed by atoms with Gasteiger partial charge in [0.05, 0.1) is 11.6 Å². The van der Waals surface area contributed by atoms with Gasteiger partial charge in [0, 0.05) is 24.3 Å². The van der Waals surface area contributed by atoms with Gasteiger partial charge >= 0.3 is 11.3 Å². The van der Waals surface area contributed by atoms with Gasteiger partial charge in [-0.25, -0.2) is 4.42 Å². The topological polar surface area (TPSA) is 112 Å². The lowest BCUT2D eigenvalue weighted by molar-refractivity contribution is 0.368. The maximum atomic E-state index is 9.71. The molecule has 2 aromatic carbocycles. The molecule has 1 heterocycles. The fourth-order valence-corrected chi connectivity index (χ4v) is 2.06. The van der Waals surface area contributed by atoms with Gasteiger partial charge in [0.15, 0.2) is 17.2 Å². The van der Waals surface area contributed by atoms with Crippen LogP contribution in [0.1, 0.15) is 0 Å². The fourth-order valence-electron chi connectivity index (χ4n) is 2.06. The maximum absolute atomic E-state index is 9.71. The second-order valence-electron chi connectivity index (χ2n) is 4.54. The summed E-state index contributed by atoms with van der Waals surface area (Å²) in [6, 6.07) is 8.08. The van der Waals surface area contributed by atoms with E-state index in [2.05, 4.69) is 0 Å². The summed E-state index contributed by atoms with van der Waals surface area (Å²) in [5.74, 6) is -1.60. The van der Waals surface area contributed by atoms with E-state index in [9.17, 15) is 25.5 Å². The number of phenols is 5. The van der Waals surface area contributed by atoms with Gasteiger partial charge in [-0.05, 0) is 6.07 Å². The quantitative estimate of drug-likeness (QED) is 0.347. The number of hydrogen-bond acceptors (Lipinski definition) is 5. The highest BCUT2D eigenvalue weighted by Gasteiger charge is 2.20. The molecular weight excluding hydrogens is 276 g/mol. The van der Waals surface area contributed by atoms with Crippen molar-refractivity contribution in [3.8, 4) is 40.1 Å². The number of benzene rings is 2. The normalized spacial score (nSPS) is 10.9. The van der Waals surface area contributed by atoms with Crippen LogP contribution in [-0.2, 0) is 0 Å². The first-order valence-electron chi connectivity index (χ1n) is 6.00. The minimum absolute atomic E-state index is 0.128. The van der Waals surface area contributed by atoms with E-state index in [0.717, 1.165) is 0 Å². The monoisotopic (exact) mass is 287 g/mol. The van der Waals surface area contributed by atoms with Crippen molar-refractivity contribution in [2.75, 3.05) is 0 Å². The third-order valence-electron chi connectivity index (χ3n) is 3.08. The predicted octanol–water partition coefficient (Wildman–Crippen LogP) is 2.91. The van der Waals surface area contributed by atoms with E-state index in [-0.39, 0.29) is 22.8 Å². The zero-order valence-corrected chi connectivity index (χ0v) is 10.6. The Morgan fingerprint density at radius 1 is 0.714 bits per heavy atom. The lowest BCUT2D eigenvalue weighted by Gasteiger charge is -2.01. The fraction of sp³-hybridized carbons (Fsp3) is 0. The molecule has 0 amide bonds. The summed E-state index contributed by atoms with van der Waals surface area (Å²) in [6.07, 6.45) is 0. The molecule has 0 saturated carbocycles. The SMILES string of the molecule is Oc1cc(O)c2ccc(-c3cc(O)c(O)c(O)c3)[o+]c2c1. The van der Waals surface area contributed by atoms with Crippen molar-refractivity contribution in [3.05, 3.63) is 36.4 Å². The molecule has 0 aliphatic rings. The number of fused-ring (bicyclic) bond motifs is 1. The highest BCUT2D eigenvalue weighted by atomic mass is 16.3. The highest BCUT2D eigenvalue weighted by molar-refractivity contribution is 5.86. The summed E-state index contributed by atoms with van der Waals surface area (Å²) in [4.78, 5) is 0. The molecule has 0 unspecified atom stereocenters. The van der Waals surface area contributed by atoms with Crippen molar-refractivity contribution in [2.24, 2.45) is 0 Å².